The molecular formula is C21H20Cl2N4O3S. The minimum absolute atomic E-state index is 0.0496. The van der Waals surface area contributed by atoms with Gasteiger partial charge in [0.1, 0.15) is 10.7 Å². The van der Waals surface area contributed by atoms with E-state index in [0.29, 0.717) is 12.1 Å². The van der Waals surface area contributed by atoms with Gasteiger partial charge in [-0.25, -0.2) is 13.4 Å². The third kappa shape index (κ3) is 5.03. The van der Waals surface area contributed by atoms with Crippen molar-refractivity contribution in [2.45, 2.75) is 37.2 Å². The number of benzene rings is 2. The average molecular weight is 479 g/mol. The lowest BCUT2D eigenvalue weighted by molar-refractivity contribution is 0.0950. The fourth-order valence-electron chi connectivity index (χ4n) is 3.45. The molecule has 0 atom stereocenters. The zero-order valence-corrected chi connectivity index (χ0v) is 18.8. The number of amides is 1. The maximum atomic E-state index is 12.7. The second-order valence-electron chi connectivity index (χ2n) is 7.24. The van der Waals surface area contributed by atoms with Crippen LogP contribution in [0.2, 0.25) is 10.0 Å². The molecule has 0 bridgehead atoms. The van der Waals surface area contributed by atoms with Gasteiger partial charge in [-0.15, -0.1) is 0 Å². The summed E-state index contributed by atoms with van der Waals surface area (Å²) in [6, 6.07) is 10.4. The predicted octanol–water partition coefficient (Wildman–Crippen LogP) is 4.26. The number of rotatable bonds is 6. The highest BCUT2D eigenvalue weighted by molar-refractivity contribution is 7.92. The fourth-order valence-corrected chi connectivity index (χ4v) is 5.26. The second kappa shape index (κ2) is 8.90. The lowest BCUT2D eigenvalue weighted by Crippen LogP contribution is -2.23. The Balaban J connectivity index is 1.45. The topological polar surface area (TPSA) is 93.1 Å². The van der Waals surface area contributed by atoms with Crippen LogP contribution in [0.3, 0.4) is 0 Å². The van der Waals surface area contributed by atoms with Gasteiger partial charge in [0, 0.05) is 35.4 Å². The second-order valence-corrected chi connectivity index (χ2v) is 9.74. The van der Waals surface area contributed by atoms with Crippen molar-refractivity contribution in [3.05, 3.63) is 75.8 Å². The molecule has 31 heavy (non-hydrogen) atoms. The average Bonchev–Trinajstić information content (AvgIpc) is 3.16. The molecule has 1 aromatic heterocycles. The van der Waals surface area contributed by atoms with Crippen molar-refractivity contribution in [1.29, 1.82) is 0 Å². The quantitative estimate of drug-likeness (QED) is 0.553. The van der Waals surface area contributed by atoms with E-state index in [1.165, 1.54) is 24.3 Å². The molecule has 0 aliphatic carbocycles. The summed E-state index contributed by atoms with van der Waals surface area (Å²) in [5.41, 5.74) is 1.36. The third-order valence-electron chi connectivity index (χ3n) is 4.95. The number of hydrogen-bond donors (Lipinski definition) is 2. The van der Waals surface area contributed by atoms with E-state index >= 15 is 0 Å². The van der Waals surface area contributed by atoms with Crippen LogP contribution in [0.15, 0.2) is 53.6 Å². The normalized spacial score (nSPS) is 13.5. The number of nitrogens with zero attached hydrogens (tertiary/aromatic N) is 2. The number of hydrogen-bond acceptors (Lipinski definition) is 4. The maximum absolute atomic E-state index is 12.7. The van der Waals surface area contributed by atoms with Crippen molar-refractivity contribution < 1.29 is 13.2 Å². The fraction of sp³-hybridized carbons (Fsp3) is 0.238. The molecule has 162 valence electrons. The van der Waals surface area contributed by atoms with Crippen LogP contribution in [0.5, 0.6) is 0 Å². The van der Waals surface area contributed by atoms with Crippen LogP contribution >= 0.6 is 23.2 Å². The number of fused-ring (bicyclic) bond motifs is 1. The number of anilines is 1. The summed E-state index contributed by atoms with van der Waals surface area (Å²) >= 11 is 11.9. The highest BCUT2D eigenvalue weighted by Crippen LogP contribution is 2.27. The van der Waals surface area contributed by atoms with Gasteiger partial charge in [-0.1, -0.05) is 29.3 Å². The Hall–Kier alpha value is -2.55. The summed E-state index contributed by atoms with van der Waals surface area (Å²) in [5, 5.41) is 3.13. The summed E-state index contributed by atoms with van der Waals surface area (Å²) in [6.07, 6.45) is 5.19. The van der Waals surface area contributed by atoms with Crippen molar-refractivity contribution in [2.24, 2.45) is 0 Å². The summed E-state index contributed by atoms with van der Waals surface area (Å²) in [5.74, 6) is 0.722. The Kier molecular flexibility index (Phi) is 6.22. The van der Waals surface area contributed by atoms with Gasteiger partial charge in [0.05, 0.1) is 17.3 Å². The molecule has 0 spiro atoms. The molecule has 0 fully saturated rings. The SMILES string of the molecule is O=C(NCc1cn2c(n1)CCCC2)c1cccc(NS(=O)(=O)c2cc(Cl)ccc2Cl)c1. The first kappa shape index (κ1) is 21.7. The Morgan fingerprint density at radius 2 is 1.97 bits per heavy atom. The first-order valence-corrected chi connectivity index (χ1v) is 12.0. The molecule has 2 N–H and O–H groups in total. The van der Waals surface area contributed by atoms with Crippen LogP contribution in [-0.4, -0.2) is 23.9 Å². The molecule has 1 aliphatic rings. The molecule has 7 nitrogen and oxygen atoms in total. The highest BCUT2D eigenvalue weighted by Gasteiger charge is 2.19. The Labute approximate surface area is 190 Å². The van der Waals surface area contributed by atoms with Crippen molar-refractivity contribution in [3.63, 3.8) is 0 Å². The van der Waals surface area contributed by atoms with Crippen molar-refractivity contribution in [2.75, 3.05) is 4.72 Å². The number of imidazole rings is 1. The zero-order chi connectivity index (χ0) is 22.0. The van der Waals surface area contributed by atoms with Crippen molar-refractivity contribution in [3.8, 4) is 0 Å². The minimum atomic E-state index is -3.98. The molecule has 2 heterocycles. The highest BCUT2D eigenvalue weighted by atomic mass is 35.5. The molecule has 10 heteroatoms. The number of aromatic nitrogens is 2. The lowest BCUT2D eigenvalue weighted by Gasteiger charge is -2.11. The Morgan fingerprint density at radius 3 is 2.77 bits per heavy atom. The van der Waals surface area contributed by atoms with Crippen LogP contribution < -0.4 is 10.0 Å². The largest absolute Gasteiger partial charge is 0.346 e. The molecule has 3 aromatic rings. The van der Waals surface area contributed by atoms with Crippen LogP contribution in [0.1, 0.15) is 34.7 Å². The van der Waals surface area contributed by atoms with Crippen LogP contribution in [0.4, 0.5) is 5.69 Å². The van der Waals surface area contributed by atoms with Gasteiger partial charge in [-0.3, -0.25) is 9.52 Å². The summed E-state index contributed by atoms with van der Waals surface area (Å²) in [6.45, 7) is 1.25. The first-order valence-electron chi connectivity index (χ1n) is 9.73. The van der Waals surface area contributed by atoms with E-state index in [2.05, 4.69) is 19.6 Å². The number of nitrogens with one attached hydrogen (secondary N) is 2. The first-order chi connectivity index (χ1) is 14.8. The molecule has 1 aliphatic heterocycles. The molecule has 2 aromatic carbocycles. The number of aryl methyl sites for hydroxylation is 2. The van der Waals surface area contributed by atoms with Crippen LogP contribution in [-0.2, 0) is 29.5 Å². The van der Waals surface area contributed by atoms with E-state index in [1.807, 2.05) is 6.20 Å². The minimum Gasteiger partial charge on any atom is -0.346 e. The summed E-state index contributed by atoms with van der Waals surface area (Å²) in [4.78, 5) is 17.0. The van der Waals surface area contributed by atoms with E-state index in [-0.39, 0.29) is 26.5 Å². The van der Waals surface area contributed by atoms with Crippen LogP contribution in [0, 0.1) is 0 Å². The number of carbonyl (C=O) groups is 1. The summed E-state index contributed by atoms with van der Waals surface area (Å²) in [7, 11) is -3.98. The van der Waals surface area contributed by atoms with Crippen LogP contribution in [0.25, 0.3) is 0 Å². The van der Waals surface area contributed by atoms with E-state index < -0.39 is 10.0 Å². The maximum Gasteiger partial charge on any atom is 0.263 e. The van der Waals surface area contributed by atoms with E-state index in [1.54, 1.807) is 18.2 Å². The van der Waals surface area contributed by atoms with Gasteiger partial charge in [-0.05, 0) is 49.2 Å². The van der Waals surface area contributed by atoms with Gasteiger partial charge in [0.2, 0.25) is 0 Å². The molecule has 1 amide bonds. The van der Waals surface area contributed by atoms with Gasteiger partial charge in [-0.2, -0.15) is 0 Å². The smallest absolute Gasteiger partial charge is 0.263 e. The standard InChI is InChI=1S/C21H20Cl2N4O3S/c22-15-7-8-18(23)19(11-15)31(29,30)26-16-5-3-4-14(10-16)21(28)24-12-17-13-27-9-2-1-6-20(27)25-17/h3-5,7-8,10-11,13,26H,1-2,6,9,12H2,(H,24,28). The number of halogens is 2. The summed E-state index contributed by atoms with van der Waals surface area (Å²) < 4.78 is 30.0. The molecule has 4 rings (SSSR count). The van der Waals surface area contributed by atoms with E-state index in [9.17, 15) is 13.2 Å². The monoisotopic (exact) mass is 478 g/mol. The molecule has 0 saturated carbocycles. The molecular weight excluding hydrogens is 459 g/mol. The number of carbonyl (C=O) groups excluding carboxylic acids is 1. The Bertz CT molecular complexity index is 1220. The predicted molar refractivity (Wildman–Crippen MR) is 120 cm³/mol. The van der Waals surface area contributed by atoms with Crippen molar-refractivity contribution >= 4 is 44.8 Å². The van der Waals surface area contributed by atoms with Gasteiger partial charge >= 0.3 is 0 Å². The van der Waals surface area contributed by atoms with Gasteiger partial charge in [0.15, 0.2) is 0 Å². The molecule has 0 unspecified atom stereocenters. The Morgan fingerprint density at radius 1 is 1.13 bits per heavy atom. The lowest BCUT2D eigenvalue weighted by atomic mass is 10.2. The zero-order valence-electron chi connectivity index (χ0n) is 16.4. The van der Waals surface area contributed by atoms with E-state index in [0.717, 1.165) is 37.3 Å². The molecule has 0 saturated heterocycles. The number of sulfonamides is 1. The van der Waals surface area contributed by atoms with Crippen molar-refractivity contribution in [1.82, 2.24) is 14.9 Å². The van der Waals surface area contributed by atoms with Gasteiger partial charge < -0.3 is 9.88 Å². The van der Waals surface area contributed by atoms with Gasteiger partial charge in [0.25, 0.3) is 15.9 Å². The molecule has 0 radical (unpaired) electrons. The third-order valence-corrected chi connectivity index (χ3v) is 7.05. The van der Waals surface area contributed by atoms with E-state index in [4.69, 9.17) is 23.2 Å².